The summed E-state index contributed by atoms with van der Waals surface area (Å²) in [6.07, 6.45) is 8.43. The summed E-state index contributed by atoms with van der Waals surface area (Å²) >= 11 is 0. The van der Waals surface area contributed by atoms with Gasteiger partial charge in [-0.25, -0.2) is 0 Å². The van der Waals surface area contributed by atoms with E-state index in [9.17, 15) is 0 Å². The topological polar surface area (TPSA) is 38.2 Å². The van der Waals surface area contributed by atoms with E-state index < -0.39 is 0 Å². The van der Waals surface area contributed by atoms with Crippen LogP contribution in [0.25, 0.3) is 0 Å². The van der Waals surface area contributed by atoms with Gasteiger partial charge in [-0.2, -0.15) is 0 Å². The molecule has 0 aliphatic carbocycles. The molecule has 0 unspecified atom stereocenters. The van der Waals surface area contributed by atoms with Crippen LogP contribution in [0, 0.1) is 0 Å². The molecule has 0 aromatic heterocycles. The Kier molecular flexibility index (Phi) is 32.8. The van der Waals surface area contributed by atoms with Gasteiger partial charge in [-0.15, -0.1) is 24.8 Å². The van der Waals surface area contributed by atoms with Crippen LogP contribution in [0.3, 0.4) is 0 Å². The summed E-state index contributed by atoms with van der Waals surface area (Å²) in [5.41, 5.74) is 0. The minimum atomic E-state index is 0. The molecule has 0 saturated heterocycles. The van der Waals surface area contributed by atoms with Crippen molar-refractivity contribution < 1.29 is 0 Å². The Bertz CT molecular complexity index is 80.5. The molecule has 2 nitrogen and oxygen atoms in total. The van der Waals surface area contributed by atoms with Crippen LogP contribution in [0.15, 0.2) is 0 Å². The van der Waals surface area contributed by atoms with Crippen LogP contribution >= 0.6 is 24.8 Å². The van der Waals surface area contributed by atoms with Crippen molar-refractivity contribution in [3.8, 4) is 0 Å². The predicted octanol–water partition coefficient (Wildman–Crippen LogP) is 3.91. The lowest BCUT2D eigenvalue weighted by atomic mass is 10.1. The van der Waals surface area contributed by atoms with Crippen molar-refractivity contribution in [2.45, 2.75) is 45.4 Å². The van der Waals surface area contributed by atoms with Gasteiger partial charge in [0.05, 0.1) is 0 Å². The Morgan fingerprint density at radius 3 is 1.64 bits per heavy atom. The van der Waals surface area contributed by atoms with Crippen LogP contribution < -0.4 is 6.15 Å². The minimum absolute atomic E-state index is 0. The van der Waals surface area contributed by atoms with E-state index in [2.05, 4.69) is 25.9 Å². The summed E-state index contributed by atoms with van der Waals surface area (Å²) in [5.74, 6) is 0. The van der Waals surface area contributed by atoms with Crippen molar-refractivity contribution in [2.24, 2.45) is 0 Å². The van der Waals surface area contributed by atoms with Crippen molar-refractivity contribution in [1.29, 1.82) is 0 Å². The van der Waals surface area contributed by atoms with Gasteiger partial charge < -0.3 is 11.1 Å². The minimum Gasteiger partial charge on any atom is -0.344 e. The van der Waals surface area contributed by atoms with Crippen molar-refractivity contribution in [1.82, 2.24) is 11.1 Å². The van der Waals surface area contributed by atoms with Crippen molar-refractivity contribution in [2.75, 3.05) is 20.6 Å². The third-order valence-electron chi connectivity index (χ3n) is 1.96. The SMILES string of the molecule is CCCCCCCCN(C)C.Cl.Cl.N. The molecular weight excluding hydrogens is 219 g/mol. The second-order valence-corrected chi connectivity index (χ2v) is 3.57. The first-order valence-corrected chi connectivity index (χ1v) is 4.92. The highest BCUT2D eigenvalue weighted by molar-refractivity contribution is 5.85. The second kappa shape index (κ2) is 19.1. The summed E-state index contributed by atoms with van der Waals surface area (Å²) in [5, 5.41) is 0. The van der Waals surface area contributed by atoms with Crippen LogP contribution in [-0.4, -0.2) is 25.5 Å². The fourth-order valence-corrected chi connectivity index (χ4v) is 1.21. The molecule has 0 atom stereocenters. The summed E-state index contributed by atoms with van der Waals surface area (Å²) in [6.45, 7) is 3.52. The molecule has 0 heterocycles. The van der Waals surface area contributed by atoms with Crippen LogP contribution in [-0.2, 0) is 0 Å². The van der Waals surface area contributed by atoms with Gasteiger partial charge >= 0.3 is 0 Å². The zero-order valence-corrected chi connectivity index (χ0v) is 11.6. The Morgan fingerprint density at radius 2 is 1.21 bits per heavy atom. The molecule has 0 aliphatic rings. The zero-order chi connectivity index (χ0) is 8.53. The van der Waals surface area contributed by atoms with Crippen LogP contribution in [0.4, 0.5) is 0 Å². The average molecular weight is 247 g/mol. The first-order chi connectivity index (χ1) is 5.27. The van der Waals surface area contributed by atoms with Gasteiger partial charge in [0.15, 0.2) is 0 Å². The van der Waals surface area contributed by atoms with E-state index in [1.54, 1.807) is 0 Å². The average Bonchev–Trinajstić information content (AvgIpc) is 1.96. The number of rotatable bonds is 7. The van der Waals surface area contributed by atoms with E-state index in [0.717, 1.165) is 0 Å². The van der Waals surface area contributed by atoms with Crippen molar-refractivity contribution in [3.63, 3.8) is 0 Å². The maximum Gasteiger partial charge on any atom is -0.00248 e. The van der Waals surface area contributed by atoms with Gasteiger partial charge in [0.2, 0.25) is 0 Å². The lowest BCUT2D eigenvalue weighted by Crippen LogP contribution is -2.12. The molecule has 0 aromatic carbocycles. The first-order valence-electron chi connectivity index (χ1n) is 4.92. The molecule has 0 spiro atoms. The monoisotopic (exact) mass is 246 g/mol. The molecule has 0 aliphatic heterocycles. The highest BCUT2D eigenvalue weighted by Gasteiger charge is 1.90. The van der Waals surface area contributed by atoms with E-state index in [1.165, 1.54) is 45.1 Å². The van der Waals surface area contributed by atoms with E-state index in [4.69, 9.17) is 0 Å². The molecule has 92 valence electrons. The molecule has 0 aromatic rings. The van der Waals surface area contributed by atoms with Crippen molar-refractivity contribution in [3.05, 3.63) is 0 Å². The van der Waals surface area contributed by atoms with E-state index in [0.29, 0.717) is 0 Å². The van der Waals surface area contributed by atoms with E-state index in [-0.39, 0.29) is 31.0 Å². The quantitative estimate of drug-likeness (QED) is 0.692. The van der Waals surface area contributed by atoms with Crippen LogP contribution in [0.1, 0.15) is 45.4 Å². The third-order valence-corrected chi connectivity index (χ3v) is 1.96. The molecular formula is C10H28Cl2N2. The largest absolute Gasteiger partial charge is 0.344 e. The van der Waals surface area contributed by atoms with Gasteiger partial charge in [0.25, 0.3) is 0 Å². The Hall–Kier alpha value is 0.500. The normalized spacial score (nSPS) is 8.57. The van der Waals surface area contributed by atoms with Crippen LogP contribution in [0.5, 0.6) is 0 Å². The Labute approximate surface area is 102 Å². The molecule has 0 amide bonds. The number of hydrogen-bond donors (Lipinski definition) is 1. The number of nitrogens with zero attached hydrogens (tertiary/aromatic N) is 1. The Balaban J connectivity index is -0.000000167. The van der Waals surface area contributed by atoms with Gasteiger partial charge in [-0.05, 0) is 27.1 Å². The molecule has 4 heteroatoms. The number of hydrogen-bond acceptors (Lipinski definition) is 2. The fourth-order valence-electron chi connectivity index (χ4n) is 1.21. The molecule has 0 saturated carbocycles. The predicted molar refractivity (Wildman–Crippen MR) is 71.4 cm³/mol. The molecule has 3 N–H and O–H groups in total. The molecule has 0 radical (unpaired) electrons. The maximum atomic E-state index is 2.26. The highest BCUT2D eigenvalue weighted by Crippen LogP contribution is 2.04. The summed E-state index contributed by atoms with van der Waals surface area (Å²) in [7, 11) is 4.29. The fraction of sp³-hybridized carbons (Fsp3) is 1.00. The van der Waals surface area contributed by atoms with Crippen LogP contribution in [0.2, 0.25) is 0 Å². The van der Waals surface area contributed by atoms with E-state index in [1.807, 2.05) is 0 Å². The van der Waals surface area contributed by atoms with Gasteiger partial charge in [0, 0.05) is 0 Å². The summed E-state index contributed by atoms with van der Waals surface area (Å²) in [4.78, 5) is 2.26. The number of halogens is 2. The van der Waals surface area contributed by atoms with Gasteiger partial charge in [-0.1, -0.05) is 39.0 Å². The molecule has 14 heavy (non-hydrogen) atoms. The lowest BCUT2D eigenvalue weighted by Gasteiger charge is -2.08. The van der Waals surface area contributed by atoms with Crippen molar-refractivity contribution >= 4 is 24.8 Å². The maximum absolute atomic E-state index is 2.26. The highest BCUT2D eigenvalue weighted by atomic mass is 35.5. The third kappa shape index (κ3) is 22.9. The second-order valence-electron chi connectivity index (χ2n) is 3.57. The first kappa shape index (κ1) is 24.0. The molecule has 0 bridgehead atoms. The van der Waals surface area contributed by atoms with Gasteiger partial charge in [0.1, 0.15) is 0 Å². The zero-order valence-electron chi connectivity index (χ0n) is 9.92. The van der Waals surface area contributed by atoms with E-state index >= 15 is 0 Å². The summed E-state index contributed by atoms with van der Waals surface area (Å²) < 4.78 is 0. The molecule has 0 rings (SSSR count). The standard InChI is InChI=1S/C10H23N.2ClH.H3N/c1-4-5-6-7-8-9-10-11(2)3;;;/h4-10H2,1-3H3;2*1H;1H3. The lowest BCUT2D eigenvalue weighted by molar-refractivity contribution is 0.389. The Morgan fingerprint density at radius 1 is 0.786 bits per heavy atom. The molecule has 0 fully saturated rings. The number of unbranched alkanes of at least 4 members (excludes halogenated alkanes) is 5. The van der Waals surface area contributed by atoms with Gasteiger partial charge in [-0.3, -0.25) is 0 Å². The smallest absolute Gasteiger partial charge is 0.00248 e. The summed E-state index contributed by atoms with van der Waals surface area (Å²) in [6, 6.07) is 0.